The molecule has 1 aromatic heterocycles. The summed E-state index contributed by atoms with van der Waals surface area (Å²) in [5, 5.41) is 1.97. The minimum absolute atomic E-state index is 0.0687. The molecule has 27 heavy (non-hydrogen) atoms. The predicted octanol–water partition coefficient (Wildman–Crippen LogP) is 4.50. The van der Waals surface area contributed by atoms with Crippen molar-refractivity contribution < 1.29 is 18.7 Å². The second-order valence-electron chi connectivity index (χ2n) is 5.86. The topological polar surface area (TPSA) is 38.8 Å². The van der Waals surface area contributed by atoms with Gasteiger partial charge in [-0.05, 0) is 29.6 Å². The number of rotatable bonds is 8. The summed E-state index contributed by atoms with van der Waals surface area (Å²) in [6, 6.07) is 17.5. The zero-order valence-electron chi connectivity index (χ0n) is 14.9. The Labute approximate surface area is 161 Å². The molecule has 3 aromatic rings. The first-order chi connectivity index (χ1) is 13.2. The van der Waals surface area contributed by atoms with Gasteiger partial charge in [0.1, 0.15) is 5.75 Å². The fraction of sp³-hybridized carbons (Fsp3) is 0.190. The van der Waals surface area contributed by atoms with Gasteiger partial charge in [-0.1, -0.05) is 36.4 Å². The number of hydrogen-bond donors (Lipinski definition) is 0. The Bertz CT molecular complexity index is 883. The van der Waals surface area contributed by atoms with E-state index in [0.29, 0.717) is 13.1 Å². The van der Waals surface area contributed by atoms with Crippen LogP contribution in [0.4, 0.5) is 4.39 Å². The first-order valence-corrected chi connectivity index (χ1v) is 9.34. The first kappa shape index (κ1) is 18.9. The quantitative estimate of drug-likeness (QED) is 0.573. The maximum atomic E-state index is 13.7. The van der Waals surface area contributed by atoms with Crippen molar-refractivity contribution in [3.05, 3.63) is 82.3 Å². The monoisotopic (exact) mass is 385 g/mol. The Hall–Kier alpha value is -2.86. The van der Waals surface area contributed by atoms with E-state index in [4.69, 9.17) is 9.47 Å². The van der Waals surface area contributed by atoms with E-state index in [2.05, 4.69) is 0 Å². The van der Waals surface area contributed by atoms with Crippen LogP contribution in [-0.2, 0) is 17.9 Å². The normalized spacial score (nSPS) is 10.4. The van der Waals surface area contributed by atoms with Crippen LogP contribution < -0.4 is 9.47 Å². The molecule has 4 nitrogen and oxygen atoms in total. The highest BCUT2D eigenvalue weighted by Crippen LogP contribution is 2.22. The highest BCUT2D eigenvalue weighted by Gasteiger charge is 2.18. The maximum Gasteiger partial charge on any atom is 0.261 e. The summed E-state index contributed by atoms with van der Waals surface area (Å²) in [6.45, 7) is 0.595. The molecule has 1 amide bonds. The van der Waals surface area contributed by atoms with E-state index in [9.17, 15) is 9.18 Å². The van der Waals surface area contributed by atoms with E-state index >= 15 is 0 Å². The Balaban J connectivity index is 1.74. The molecule has 0 aliphatic carbocycles. The molecule has 0 saturated carbocycles. The van der Waals surface area contributed by atoms with Crippen LogP contribution in [-0.4, -0.2) is 24.5 Å². The molecule has 0 fully saturated rings. The molecule has 0 radical (unpaired) electrons. The molecule has 1 heterocycles. The van der Waals surface area contributed by atoms with E-state index in [1.807, 2.05) is 41.8 Å². The van der Waals surface area contributed by atoms with Gasteiger partial charge in [-0.2, -0.15) is 0 Å². The summed E-state index contributed by atoms with van der Waals surface area (Å²) in [5.74, 6) is 0.0770. The lowest BCUT2D eigenvalue weighted by molar-refractivity contribution is -0.134. The van der Waals surface area contributed by atoms with Crippen molar-refractivity contribution in [3.63, 3.8) is 0 Å². The number of benzene rings is 2. The zero-order valence-corrected chi connectivity index (χ0v) is 15.7. The summed E-state index contributed by atoms with van der Waals surface area (Å²) in [6.07, 6.45) is 0. The number of amides is 1. The molecule has 3 rings (SSSR count). The van der Waals surface area contributed by atoms with Crippen molar-refractivity contribution in [2.45, 2.75) is 13.1 Å². The van der Waals surface area contributed by atoms with Crippen LogP contribution in [0, 0.1) is 5.82 Å². The van der Waals surface area contributed by atoms with Crippen molar-refractivity contribution >= 4 is 17.2 Å². The average Bonchev–Trinajstić information content (AvgIpc) is 3.20. The first-order valence-electron chi connectivity index (χ1n) is 8.46. The van der Waals surface area contributed by atoms with Gasteiger partial charge < -0.3 is 14.4 Å². The summed E-state index contributed by atoms with van der Waals surface area (Å²) >= 11 is 1.58. The standard InChI is InChI=1S/C21H20FNO3S/c1-25-19-10-4-2-7-16(19)13-23(14-17-8-6-12-27-17)21(24)15-26-20-11-5-3-9-18(20)22/h2-12H,13-15H2,1H3. The van der Waals surface area contributed by atoms with Gasteiger partial charge in [0.25, 0.3) is 5.91 Å². The second kappa shape index (κ2) is 9.19. The summed E-state index contributed by atoms with van der Waals surface area (Å²) < 4.78 is 24.5. The molecule has 2 aromatic carbocycles. The summed E-state index contributed by atoms with van der Waals surface area (Å²) in [5.41, 5.74) is 0.899. The van der Waals surface area contributed by atoms with E-state index in [-0.39, 0.29) is 18.3 Å². The van der Waals surface area contributed by atoms with Crippen LogP contribution in [0.3, 0.4) is 0 Å². The minimum atomic E-state index is -0.486. The number of carbonyl (C=O) groups is 1. The third kappa shape index (κ3) is 5.08. The SMILES string of the molecule is COc1ccccc1CN(Cc1cccs1)C(=O)COc1ccccc1F. The molecular weight excluding hydrogens is 365 g/mol. The van der Waals surface area contributed by atoms with Crippen molar-refractivity contribution in [1.82, 2.24) is 4.90 Å². The predicted molar refractivity (Wildman–Crippen MR) is 103 cm³/mol. The van der Waals surface area contributed by atoms with E-state index in [0.717, 1.165) is 16.2 Å². The number of ether oxygens (including phenoxy) is 2. The average molecular weight is 385 g/mol. The second-order valence-corrected chi connectivity index (χ2v) is 6.89. The van der Waals surface area contributed by atoms with Crippen LogP contribution >= 0.6 is 11.3 Å². The Morgan fingerprint density at radius 2 is 1.74 bits per heavy atom. The summed E-state index contributed by atoms with van der Waals surface area (Å²) in [4.78, 5) is 15.5. The Kier molecular flexibility index (Phi) is 6.44. The lowest BCUT2D eigenvalue weighted by Crippen LogP contribution is -2.34. The fourth-order valence-corrected chi connectivity index (χ4v) is 3.37. The number of methoxy groups -OCH3 is 1. The van der Waals surface area contributed by atoms with Crippen molar-refractivity contribution in [2.75, 3.05) is 13.7 Å². The minimum Gasteiger partial charge on any atom is -0.496 e. The maximum absolute atomic E-state index is 13.7. The largest absolute Gasteiger partial charge is 0.496 e. The van der Waals surface area contributed by atoms with Gasteiger partial charge in [-0.3, -0.25) is 4.79 Å². The van der Waals surface area contributed by atoms with Crippen molar-refractivity contribution in [3.8, 4) is 11.5 Å². The highest BCUT2D eigenvalue weighted by molar-refractivity contribution is 7.09. The number of nitrogens with zero attached hydrogens (tertiary/aromatic N) is 1. The molecule has 0 saturated heterocycles. The third-order valence-electron chi connectivity index (χ3n) is 4.02. The molecule has 6 heteroatoms. The molecule has 0 unspecified atom stereocenters. The number of para-hydroxylation sites is 2. The van der Waals surface area contributed by atoms with Crippen LogP contribution in [0.5, 0.6) is 11.5 Å². The van der Waals surface area contributed by atoms with Gasteiger partial charge in [0.05, 0.1) is 13.7 Å². The van der Waals surface area contributed by atoms with Crippen LogP contribution in [0.25, 0.3) is 0 Å². The Morgan fingerprint density at radius 1 is 1.00 bits per heavy atom. The number of hydrogen-bond acceptors (Lipinski definition) is 4. The van der Waals surface area contributed by atoms with Crippen LogP contribution in [0.15, 0.2) is 66.0 Å². The number of carbonyl (C=O) groups excluding carboxylic acids is 1. The molecule has 0 atom stereocenters. The van der Waals surface area contributed by atoms with Crippen molar-refractivity contribution in [2.24, 2.45) is 0 Å². The fourth-order valence-electron chi connectivity index (χ4n) is 2.65. The van der Waals surface area contributed by atoms with Gasteiger partial charge in [0.15, 0.2) is 18.2 Å². The van der Waals surface area contributed by atoms with Crippen LogP contribution in [0.2, 0.25) is 0 Å². The summed E-state index contributed by atoms with van der Waals surface area (Å²) in [7, 11) is 1.60. The lowest BCUT2D eigenvalue weighted by Gasteiger charge is -2.23. The third-order valence-corrected chi connectivity index (χ3v) is 4.88. The van der Waals surface area contributed by atoms with Gasteiger partial charge >= 0.3 is 0 Å². The molecule has 0 aliphatic heterocycles. The van der Waals surface area contributed by atoms with Crippen molar-refractivity contribution in [1.29, 1.82) is 0 Å². The lowest BCUT2D eigenvalue weighted by atomic mass is 10.2. The molecule has 0 aliphatic rings. The van der Waals surface area contributed by atoms with E-state index in [1.165, 1.54) is 12.1 Å². The van der Waals surface area contributed by atoms with Gasteiger partial charge in [-0.15, -0.1) is 11.3 Å². The van der Waals surface area contributed by atoms with Gasteiger partial charge in [-0.25, -0.2) is 4.39 Å². The van der Waals surface area contributed by atoms with E-state index in [1.54, 1.807) is 35.5 Å². The Morgan fingerprint density at radius 3 is 2.44 bits per heavy atom. The van der Waals surface area contributed by atoms with Gasteiger partial charge in [0, 0.05) is 17.0 Å². The van der Waals surface area contributed by atoms with E-state index < -0.39 is 5.82 Å². The van der Waals surface area contributed by atoms with Crippen LogP contribution in [0.1, 0.15) is 10.4 Å². The number of thiophene rings is 1. The van der Waals surface area contributed by atoms with Gasteiger partial charge in [0.2, 0.25) is 0 Å². The molecule has 0 spiro atoms. The molecule has 0 N–H and O–H groups in total. The number of halogens is 1. The highest BCUT2D eigenvalue weighted by atomic mass is 32.1. The molecular formula is C21H20FNO3S. The smallest absolute Gasteiger partial charge is 0.261 e. The zero-order chi connectivity index (χ0) is 19.1. The molecule has 0 bridgehead atoms. The molecule has 140 valence electrons.